The molecule has 0 radical (unpaired) electrons. The molecule has 18 heavy (non-hydrogen) atoms. The van der Waals surface area contributed by atoms with Crippen LogP contribution in [0.15, 0.2) is 21.1 Å². The van der Waals surface area contributed by atoms with Crippen molar-refractivity contribution < 1.29 is 9.53 Å². The highest BCUT2D eigenvalue weighted by atomic mass is 79.9. The summed E-state index contributed by atoms with van der Waals surface area (Å²) in [6.45, 7) is 2.15. The van der Waals surface area contributed by atoms with Crippen molar-refractivity contribution in [2.24, 2.45) is 5.73 Å². The highest BCUT2D eigenvalue weighted by Crippen LogP contribution is 2.32. The lowest BCUT2D eigenvalue weighted by Crippen LogP contribution is -2.19. The summed E-state index contributed by atoms with van der Waals surface area (Å²) in [6, 6.07) is 3.64. The predicted molar refractivity (Wildman–Crippen MR) is 82.6 cm³/mol. The van der Waals surface area contributed by atoms with Gasteiger partial charge in [0.2, 0.25) is 0 Å². The van der Waals surface area contributed by atoms with Crippen molar-refractivity contribution in [2.75, 3.05) is 11.9 Å². The van der Waals surface area contributed by atoms with E-state index in [1.54, 1.807) is 6.92 Å². The van der Waals surface area contributed by atoms with Gasteiger partial charge in [0, 0.05) is 8.95 Å². The van der Waals surface area contributed by atoms with Gasteiger partial charge in [-0.3, -0.25) is 4.79 Å². The Balaban J connectivity index is 2.92. The third-order valence-corrected chi connectivity index (χ3v) is 3.36. The Morgan fingerprint density at radius 3 is 2.44 bits per heavy atom. The summed E-state index contributed by atoms with van der Waals surface area (Å²) >= 11 is 11.6. The van der Waals surface area contributed by atoms with E-state index in [2.05, 4.69) is 37.2 Å². The average molecular weight is 396 g/mol. The molecule has 1 aromatic rings. The first-order valence-corrected chi connectivity index (χ1v) is 7.13. The summed E-state index contributed by atoms with van der Waals surface area (Å²) in [5.41, 5.74) is 6.99. The van der Waals surface area contributed by atoms with E-state index in [-0.39, 0.29) is 17.5 Å². The Morgan fingerprint density at radius 1 is 1.44 bits per heavy atom. The molecule has 4 nitrogen and oxygen atoms in total. The highest BCUT2D eigenvalue weighted by Gasteiger charge is 2.11. The van der Waals surface area contributed by atoms with Crippen LogP contribution >= 0.6 is 44.1 Å². The lowest BCUT2D eigenvalue weighted by atomic mass is 10.1. The van der Waals surface area contributed by atoms with Crippen molar-refractivity contribution in [2.45, 2.75) is 13.3 Å². The van der Waals surface area contributed by atoms with Crippen LogP contribution in [-0.2, 0) is 16.0 Å². The van der Waals surface area contributed by atoms with Crippen LogP contribution in [0.5, 0.6) is 0 Å². The molecule has 0 aliphatic carbocycles. The molecule has 0 saturated carbocycles. The molecule has 0 amide bonds. The average Bonchev–Trinajstić information content (AvgIpc) is 2.23. The van der Waals surface area contributed by atoms with Crippen molar-refractivity contribution in [3.8, 4) is 0 Å². The number of anilines is 1. The summed E-state index contributed by atoms with van der Waals surface area (Å²) < 4.78 is 6.43. The molecule has 0 heterocycles. The summed E-state index contributed by atoms with van der Waals surface area (Å²) in [7, 11) is 0. The molecule has 0 aliphatic rings. The van der Waals surface area contributed by atoms with Crippen molar-refractivity contribution in [1.29, 1.82) is 0 Å². The molecule has 0 fully saturated rings. The van der Waals surface area contributed by atoms with Gasteiger partial charge in [0.05, 0.1) is 18.7 Å². The molecule has 7 heteroatoms. The van der Waals surface area contributed by atoms with Crippen molar-refractivity contribution in [3.05, 3.63) is 26.6 Å². The molecule has 3 N–H and O–H groups in total. The zero-order valence-corrected chi connectivity index (χ0v) is 13.6. The summed E-state index contributed by atoms with van der Waals surface area (Å²) in [4.78, 5) is 11.4. The van der Waals surface area contributed by atoms with Gasteiger partial charge < -0.3 is 15.8 Å². The second kappa shape index (κ2) is 7.06. The van der Waals surface area contributed by atoms with Crippen molar-refractivity contribution in [3.63, 3.8) is 0 Å². The summed E-state index contributed by atoms with van der Waals surface area (Å²) in [6.07, 6.45) is 0.221. The molecule has 0 unspecified atom stereocenters. The van der Waals surface area contributed by atoms with E-state index >= 15 is 0 Å². The van der Waals surface area contributed by atoms with Crippen LogP contribution < -0.4 is 11.1 Å². The van der Waals surface area contributed by atoms with E-state index in [9.17, 15) is 4.79 Å². The summed E-state index contributed by atoms with van der Waals surface area (Å²) in [5, 5.41) is 3.02. The largest absolute Gasteiger partial charge is 0.466 e. The first-order chi connectivity index (χ1) is 8.43. The normalized spacial score (nSPS) is 9.94. The second-order valence-corrected chi connectivity index (χ2v) is 5.55. The number of hydrogen-bond acceptors (Lipinski definition) is 3. The van der Waals surface area contributed by atoms with Gasteiger partial charge in [-0.1, -0.05) is 0 Å². The van der Waals surface area contributed by atoms with E-state index in [1.165, 1.54) is 0 Å². The molecule has 0 aliphatic heterocycles. The van der Waals surface area contributed by atoms with Crippen LogP contribution in [-0.4, -0.2) is 17.7 Å². The quantitative estimate of drug-likeness (QED) is 0.606. The molecule has 0 saturated heterocycles. The minimum absolute atomic E-state index is 0.176. The van der Waals surface area contributed by atoms with Gasteiger partial charge in [0.25, 0.3) is 0 Å². The zero-order valence-electron chi connectivity index (χ0n) is 9.63. The van der Waals surface area contributed by atoms with Gasteiger partial charge in [-0.15, -0.1) is 0 Å². The van der Waals surface area contributed by atoms with Crippen molar-refractivity contribution >= 4 is 60.8 Å². The predicted octanol–water partition coefficient (Wildman–Crippen LogP) is 2.97. The lowest BCUT2D eigenvalue weighted by Gasteiger charge is -2.11. The fraction of sp³-hybridized carbons (Fsp3) is 0.273. The SMILES string of the molecule is CCOC(=O)Cc1cc(Br)c(NC(N)=S)c(Br)c1. The number of thiocarbonyl (C=S) groups is 1. The minimum atomic E-state index is -0.258. The van der Waals surface area contributed by atoms with Gasteiger partial charge in [-0.2, -0.15) is 0 Å². The number of carbonyl (C=O) groups is 1. The number of hydrogen-bond donors (Lipinski definition) is 2. The second-order valence-electron chi connectivity index (χ2n) is 3.41. The van der Waals surface area contributed by atoms with E-state index in [4.69, 9.17) is 22.7 Å². The number of ether oxygens (including phenoxy) is 1. The van der Waals surface area contributed by atoms with Gasteiger partial charge in [-0.25, -0.2) is 0 Å². The number of carbonyl (C=O) groups excluding carboxylic acids is 1. The number of nitrogens with two attached hydrogens (primary N) is 1. The molecule has 0 bridgehead atoms. The van der Waals surface area contributed by atoms with E-state index < -0.39 is 0 Å². The standard InChI is InChI=1S/C11H12Br2N2O2S/c1-2-17-9(16)5-6-3-7(12)10(8(13)4-6)15-11(14)18/h3-4H,2,5H2,1H3,(H3,14,15,18). The molecular formula is C11H12Br2N2O2S. The maximum absolute atomic E-state index is 11.4. The topological polar surface area (TPSA) is 64.3 Å². The summed E-state index contributed by atoms with van der Waals surface area (Å²) in [5.74, 6) is -0.258. The fourth-order valence-corrected chi connectivity index (χ4v) is 2.93. The van der Waals surface area contributed by atoms with E-state index in [0.717, 1.165) is 20.2 Å². The van der Waals surface area contributed by atoms with Gasteiger partial charge in [-0.05, 0) is 68.7 Å². The molecule has 1 rings (SSSR count). The number of benzene rings is 1. The molecule has 1 aromatic carbocycles. The Bertz CT molecular complexity index is 457. The van der Waals surface area contributed by atoms with Gasteiger partial charge >= 0.3 is 5.97 Å². The van der Waals surface area contributed by atoms with Crippen molar-refractivity contribution in [1.82, 2.24) is 0 Å². The highest BCUT2D eigenvalue weighted by molar-refractivity contribution is 9.11. The van der Waals surface area contributed by atoms with Crippen LogP contribution in [0.2, 0.25) is 0 Å². The third kappa shape index (κ3) is 4.55. The van der Waals surface area contributed by atoms with Crippen LogP contribution in [0.4, 0.5) is 5.69 Å². The van der Waals surface area contributed by atoms with Crippen LogP contribution in [0, 0.1) is 0 Å². The smallest absolute Gasteiger partial charge is 0.310 e. The Kier molecular flexibility index (Phi) is 6.04. The molecule has 98 valence electrons. The lowest BCUT2D eigenvalue weighted by molar-refractivity contribution is -0.142. The number of rotatable bonds is 4. The third-order valence-electron chi connectivity index (χ3n) is 2.00. The van der Waals surface area contributed by atoms with E-state index in [1.807, 2.05) is 12.1 Å². The number of nitrogens with one attached hydrogen (secondary N) is 1. The Hall–Kier alpha value is -0.660. The zero-order chi connectivity index (χ0) is 13.7. The fourth-order valence-electron chi connectivity index (χ4n) is 1.35. The van der Waals surface area contributed by atoms with Gasteiger partial charge in [0.15, 0.2) is 5.11 Å². The first kappa shape index (κ1) is 15.4. The van der Waals surface area contributed by atoms with Crippen LogP contribution in [0.3, 0.4) is 0 Å². The molecule has 0 atom stereocenters. The Labute approximate surface area is 128 Å². The van der Waals surface area contributed by atoms with E-state index in [0.29, 0.717) is 6.61 Å². The van der Waals surface area contributed by atoms with Crippen LogP contribution in [0.1, 0.15) is 12.5 Å². The monoisotopic (exact) mass is 394 g/mol. The minimum Gasteiger partial charge on any atom is -0.466 e. The first-order valence-electron chi connectivity index (χ1n) is 5.14. The van der Waals surface area contributed by atoms with Gasteiger partial charge in [0.1, 0.15) is 0 Å². The molecular weight excluding hydrogens is 384 g/mol. The number of halogens is 2. The maximum Gasteiger partial charge on any atom is 0.310 e. The van der Waals surface area contributed by atoms with Crippen LogP contribution in [0.25, 0.3) is 0 Å². The Morgan fingerprint density at radius 2 is 2.00 bits per heavy atom. The maximum atomic E-state index is 11.4. The number of esters is 1. The molecule has 0 aromatic heterocycles. The molecule has 0 spiro atoms.